The smallest absolute Gasteiger partial charge is 0.123 e. The molecule has 0 aliphatic carbocycles. The van der Waals surface area contributed by atoms with Gasteiger partial charge in [0.2, 0.25) is 0 Å². The van der Waals surface area contributed by atoms with Gasteiger partial charge in [0, 0.05) is 5.41 Å². The van der Waals surface area contributed by atoms with E-state index in [1.807, 2.05) is 37.3 Å². The highest BCUT2D eigenvalue weighted by molar-refractivity contribution is 5.28. The number of halogens is 1. The quantitative estimate of drug-likeness (QED) is 0.858. The number of aliphatic hydroxyl groups is 2. The summed E-state index contributed by atoms with van der Waals surface area (Å²) in [7, 11) is 0. The Balaban J connectivity index is 2.25. The number of aryl methyl sites for hydroxylation is 1. The molecule has 0 aliphatic rings. The van der Waals surface area contributed by atoms with Crippen LogP contribution in [0.15, 0.2) is 48.5 Å². The summed E-state index contributed by atoms with van der Waals surface area (Å²) in [5, 5.41) is 19.6. The number of hydrogen-bond acceptors (Lipinski definition) is 2. The van der Waals surface area contributed by atoms with Crippen molar-refractivity contribution >= 4 is 0 Å². The van der Waals surface area contributed by atoms with Crippen LogP contribution >= 0.6 is 0 Å². The van der Waals surface area contributed by atoms with E-state index in [0.717, 1.165) is 16.7 Å². The molecule has 0 radical (unpaired) electrons. The Morgan fingerprint density at radius 2 is 1.62 bits per heavy atom. The Morgan fingerprint density at radius 1 is 0.952 bits per heavy atom. The lowest BCUT2D eigenvalue weighted by molar-refractivity contribution is 0.0546. The molecule has 2 aromatic carbocycles. The van der Waals surface area contributed by atoms with Crippen LogP contribution in [0.1, 0.15) is 16.7 Å². The van der Waals surface area contributed by atoms with Gasteiger partial charge in [0.25, 0.3) is 0 Å². The van der Waals surface area contributed by atoms with Gasteiger partial charge in [-0.3, -0.25) is 0 Å². The van der Waals surface area contributed by atoms with Gasteiger partial charge in [-0.15, -0.1) is 0 Å². The van der Waals surface area contributed by atoms with Crippen molar-refractivity contribution < 1.29 is 14.6 Å². The number of hydrogen-bond donors (Lipinski definition) is 2. The van der Waals surface area contributed by atoms with Crippen LogP contribution in [0.25, 0.3) is 0 Å². The van der Waals surface area contributed by atoms with E-state index in [2.05, 4.69) is 0 Å². The van der Waals surface area contributed by atoms with Crippen LogP contribution in [-0.2, 0) is 12.8 Å². The monoisotopic (exact) mass is 288 g/mol. The van der Waals surface area contributed by atoms with Crippen molar-refractivity contribution in [2.45, 2.75) is 19.8 Å². The van der Waals surface area contributed by atoms with Crippen molar-refractivity contribution in [3.8, 4) is 0 Å². The first-order valence-corrected chi connectivity index (χ1v) is 7.09. The Morgan fingerprint density at radius 3 is 2.19 bits per heavy atom. The van der Waals surface area contributed by atoms with E-state index in [-0.39, 0.29) is 19.0 Å². The van der Waals surface area contributed by atoms with Crippen LogP contribution < -0.4 is 0 Å². The SMILES string of the molecule is Cc1cc(F)ccc1CC(CO)(CO)Cc1ccccc1. The molecule has 2 rings (SSSR count). The maximum absolute atomic E-state index is 13.2. The molecule has 0 saturated carbocycles. The van der Waals surface area contributed by atoms with Crippen LogP contribution in [0.3, 0.4) is 0 Å². The standard InChI is InChI=1S/C18H21FO2/c1-14-9-17(19)8-7-16(14)11-18(12-20,13-21)10-15-5-3-2-4-6-15/h2-9,20-21H,10-13H2,1H3. The minimum atomic E-state index is -0.635. The maximum Gasteiger partial charge on any atom is 0.123 e. The van der Waals surface area contributed by atoms with E-state index in [1.165, 1.54) is 12.1 Å². The van der Waals surface area contributed by atoms with Gasteiger partial charge in [-0.1, -0.05) is 36.4 Å². The largest absolute Gasteiger partial charge is 0.396 e. The first-order chi connectivity index (χ1) is 10.1. The molecule has 0 unspecified atom stereocenters. The molecule has 0 heterocycles. The zero-order chi connectivity index (χ0) is 15.3. The Labute approximate surface area is 124 Å². The van der Waals surface area contributed by atoms with E-state index in [0.29, 0.717) is 12.8 Å². The third-order valence-corrected chi connectivity index (χ3v) is 3.96. The second-order valence-electron chi connectivity index (χ2n) is 5.73. The van der Waals surface area contributed by atoms with Crippen molar-refractivity contribution in [1.82, 2.24) is 0 Å². The molecule has 2 N–H and O–H groups in total. The molecule has 0 amide bonds. The summed E-state index contributed by atoms with van der Waals surface area (Å²) in [6.07, 6.45) is 1.10. The Kier molecular flexibility index (Phi) is 5.10. The zero-order valence-electron chi connectivity index (χ0n) is 12.2. The second kappa shape index (κ2) is 6.83. The fourth-order valence-corrected chi connectivity index (χ4v) is 2.63. The van der Waals surface area contributed by atoms with Crippen molar-refractivity contribution in [1.29, 1.82) is 0 Å². The first kappa shape index (κ1) is 15.7. The predicted octanol–water partition coefficient (Wildman–Crippen LogP) is 2.89. The molecule has 0 saturated heterocycles. The highest BCUT2D eigenvalue weighted by atomic mass is 19.1. The van der Waals surface area contributed by atoms with Crippen molar-refractivity contribution in [3.63, 3.8) is 0 Å². The zero-order valence-corrected chi connectivity index (χ0v) is 12.2. The van der Waals surface area contributed by atoms with E-state index in [1.54, 1.807) is 6.07 Å². The molecule has 112 valence electrons. The Bertz CT molecular complexity index is 577. The molecular weight excluding hydrogens is 267 g/mol. The topological polar surface area (TPSA) is 40.5 Å². The highest BCUT2D eigenvalue weighted by Crippen LogP contribution is 2.28. The third-order valence-electron chi connectivity index (χ3n) is 3.96. The highest BCUT2D eigenvalue weighted by Gasteiger charge is 2.30. The van der Waals surface area contributed by atoms with Gasteiger partial charge in [0.05, 0.1) is 13.2 Å². The lowest BCUT2D eigenvalue weighted by Crippen LogP contribution is -2.35. The fourth-order valence-electron chi connectivity index (χ4n) is 2.63. The van der Waals surface area contributed by atoms with Crippen LogP contribution in [0.2, 0.25) is 0 Å². The van der Waals surface area contributed by atoms with E-state index >= 15 is 0 Å². The van der Waals surface area contributed by atoms with E-state index in [9.17, 15) is 14.6 Å². The molecule has 0 fully saturated rings. The van der Waals surface area contributed by atoms with Crippen molar-refractivity contribution in [3.05, 3.63) is 71.0 Å². The van der Waals surface area contributed by atoms with Crippen LogP contribution in [-0.4, -0.2) is 23.4 Å². The molecule has 0 aromatic heterocycles. The van der Waals surface area contributed by atoms with Crippen LogP contribution in [0, 0.1) is 18.2 Å². The number of aliphatic hydroxyl groups excluding tert-OH is 2. The van der Waals surface area contributed by atoms with Crippen molar-refractivity contribution in [2.24, 2.45) is 5.41 Å². The predicted molar refractivity (Wildman–Crippen MR) is 81.6 cm³/mol. The molecule has 2 aromatic rings. The maximum atomic E-state index is 13.2. The summed E-state index contributed by atoms with van der Waals surface area (Å²) in [6, 6.07) is 14.4. The van der Waals surface area contributed by atoms with Gasteiger partial charge < -0.3 is 10.2 Å². The summed E-state index contributed by atoms with van der Waals surface area (Å²) >= 11 is 0. The van der Waals surface area contributed by atoms with E-state index in [4.69, 9.17) is 0 Å². The van der Waals surface area contributed by atoms with Gasteiger partial charge in [-0.2, -0.15) is 0 Å². The summed E-state index contributed by atoms with van der Waals surface area (Å²) in [6.45, 7) is 1.62. The molecule has 2 nitrogen and oxygen atoms in total. The van der Waals surface area contributed by atoms with Gasteiger partial charge in [-0.05, 0) is 48.6 Å². The summed E-state index contributed by atoms with van der Waals surface area (Å²) in [5.74, 6) is -0.266. The van der Waals surface area contributed by atoms with Crippen LogP contribution in [0.4, 0.5) is 4.39 Å². The van der Waals surface area contributed by atoms with Gasteiger partial charge in [-0.25, -0.2) is 4.39 Å². The number of benzene rings is 2. The summed E-state index contributed by atoms with van der Waals surface area (Å²) < 4.78 is 13.2. The minimum Gasteiger partial charge on any atom is -0.396 e. The van der Waals surface area contributed by atoms with Gasteiger partial charge in [0.1, 0.15) is 5.82 Å². The van der Waals surface area contributed by atoms with Gasteiger partial charge in [0.15, 0.2) is 0 Å². The molecule has 21 heavy (non-hydrogen) atoms. The average Bonchev–Trinajstić information content (AvgIpc) is 2.50. The lowest BCUT2D eigenvalue weighted by atomic mass is 9.77. The third kappa shape index (κ3) is 3.90. The average molecular weight is 288 g/mol. The summed E-state index contributed by atoms with van der Waals surface area (Å²) in [4.78, 5) is 0. The molecule has 0 aliphatic heterocycles. The summed E-state index contributed by atoms with van der Waals surface area (Å²) in [5.41, 5.74) is 2.23. The lowest BCUT2D eigenvalue weighted by Gasteiger charge is -2.30. The first-order valence-electron chi connectivity index (χ1n) is 7.09. The fraction of sp³-hybridized carbons (Fsp3) is 0.333. The van der Waals surface area contributed by atoms with Crippen molar-refractivity contribution in [2.75, 3.05) is 13.2 Å². The minimum absolute atomic E-state index is 0.116. The van der Waals surface area contributed by atoms with E-state index < -0.39 is 5.41 Å². The molecule has 0 bridgehead atoms. The van der Waals surface area contributed by atoms with Crippen LogP contribution in [0.5, 0.6) is 0 Å². The Hall–Kier alpha value is -1.71. The molecule has 3 heteroatoms. The molecule has 0 spiro atoms. The second-order valence-corrected chi connectivity index (χ2v) is 5.73. The van der Waals surface area contributed by atoms with Gasteiger partial charge >= 0.3 is 0 Å². The number of rotatable bonds is 6. The normalized spacial score (nSPS) is 11.6. The molecule has 0 atom stereocenters. The molecular formula is C18H21FO2.